The van der Waals surface area contributed by atoms with E-state index < -0.39 is 18.0 Å². The van der Waals surface area contributed by atoms with Gasteiger partial charge in [0.15, 0.2) is 11.6 Å². The topological polar surface area (TPSA) is 204 Å². The molecular weight excluding hydrogens is 1870 g/mol. The average Bonchev–Trinajstić information content (AvgIpc) is 0.723. The van der Waals surface area contributed by atoms with Gasteiger partial charge in [0.2, 0.25) is 0 Å². The number of ketones is 2. The lowest BCUT2D eigenvalue weighted by molar-refractivity contribution is 0.0913. The summed E-state index contributed by atoms with van der Waals surface area (Å²) in [6.07, 6.45) is -1.58. The van der Waals surface area contributed by atoms with Crippen molar-refractivity contribution in [2.24, 2.45) is 0 Å². The molecule has 16 nitrogen and oxygen atoms in total. The molecule has 3 N–H and O–H groups in total. The first-order chi connectivity index (χ1) is 62.2. The minimum atomic E-state index is -0.790. The maximum absolute atomic E-state index is 13.6. The summed E-state index contributed by atoms with van der Waals surface area (Å²) in [4.78, 5) is 39.0. The third-order valence-corrected chi connectivity index (χ3v) is 25.0. The molecule has 0 amide bonds. The second-order valence-electron chi connectivity index (χ2n) is 30.8. The van der Waals surface area contributed by atoms with E-state index in [1.807, 2.05) is 127 Å². The summed E-state index contributed by atoms with van der Waals surface area (Å²) >= 11 is 53.2. The molecule has 129 heavy (non-hydrogen) atoms. The van der Waals surface area contributed by atoms with E-state index in [9.17, 15) is 37.4 Å². The number of nitrogens with one attached hydrogen (secondary N) is 1. The normalized spacial score (nSPS) is 16.8. The zero-order chi connectivity index (χ0) is 91.8. The van der Waals surface area contributed by atoms with E-state index >= 15 is 0 Å². The van der Waals surface area contributed by atoms with Crippen LogP contribution in [0.15, 0.2) is 267 Å². The van der Waals surface area contributed by atoms with Crippen LogP contribution in [0.1, 0.15) is 113 Å². The summed E-state index contributed by atoms with van der Waals surface area (Å²) in [7, 11) is 0. The van der Waals surface area contributed by atoms with Gasteiger partial charge < -0.3 is 35.1 Å². The van der Waals surface area contributed by atoms with E-state index in [0.717, 1.165) is 64.1 Å². The Morgan fingerprint density at radius 1 is 0.364 bits per heavy atom. The SMILES string of the molecule is N#Cc1ccc(N2CCN(CC(=O)c3cccc(F)c3)C[C@H]2c2ccc(Cl)cc2)c(Cl)c1.N#Cc1ccc(N2CCN(C[C@@H](O)c3cccc(F)c3)C[C@H]2c2ccc(Cl)cc2)c(Cl)c1.N#Cc1ccc(N2CCN(C[C@H](O)c3cccc(F)c3)C[C@H]2c2ccc(Cl)cc2)c(Cl)c1.N#Cc1ccc(N2CCNC[C@H]2c2ccc(Cl)cc2)c(Cl)c1.O=C(CBr)c1cccc(F)c1. The molecule has 0 aromatic heterocycles. The highest BCUT2D eigenvalue weighted by molar-refractivity contribution is 9.09. The predicted molar refractivity (Wildman–Crippen MR) is 511 cm³/mol. The van der Waals surface area contributed by atoms with Crippen LogP contribution in [0.5, 0.6) is 0 Å². The maximum Gasteiger partial charge on any atom is 0.176 e. The average molecular weight is 1960 g/mol. The Balaban J connectivity index is 0.000000151. The molecule has 0 spiro atoms. The summed E-state index contributed by atoms with van der Waals surface area (Å²) < 4.78 is 53.2. The molecule has 0 saturated carbocycles. The zero-order valence-corrected chi connectivity index (χ0v) is 76.9. The number of hydrogen-bond donors (Lipinski definition) is 3. The van der Waals surface area contributed by atoms with Crippen molar-refractivity contribution in [2.45, 2.75) is 36.4 Å². The van der Waals surface area contributed by atoms with Crippen molar-refractivity contribution >= 4 is 143 Å². The van der Waals surface area contributed by atoms with Gasteiger partial charge in [-0.3, -0.25) is 24.3 Å². The van der Waals surface area contributed by atoms with Gasteiger partial charge in [0.1, 0.15) is 23.3 Å². The molecule has 12 aromatic rings. The molecule has 29 heteroatoms. The van der Waals surface area contributed by atoms with Crippen LogP contribution >= 0.6 is 109 Å². The number of aliphatic hydroxyl groups excluding tert-OH is 2. The number of anilines is 4. The number of rotatable bonds is 19. The minimum absolute atomic E-state index is 0.0360. The largest absolute Gasteiger partial charge is 0.387 e. The van der Waals surface area contributed by atoms with Crippen LogP contribution in [-0.4, -0.2) is 140 Å². The first-order valence-corrected chi connectivity index (χ1v) is 45.2. The Hall–Kier alpha value is -10.6. The third-order valence-electron chi connectivity index (χ3n) is 22.3. The van der Waals surface area contributed by atoms with Crippen molar-refractivity contribution in [3.05, 3.63) is 397 Å². The molecule has 4 fully saturated rings. The number of carbonyl (C=O) groups excluding carboxylic acids is 2. The highest BCUT2D eigenvalue weighted by Gasteiger charge is 2.36. The molecule has 0 aliphatic carbocycles. The Kier molecular flexibility index (Phi) is 35.7. The number of benzene rings is 12. The fourth-order valence-corrected chi connectivity index (χ4v) is 17.8. The van der Waals surface area contributed by atoms with Crippen LogP contribution in [0.25, 0.3) is 0 Å². The van der Waals surface area contributed by atoms with E-state index in [1.54, 1.807) is 84.9 Å². The molecule has 4 aliphatic rings. The number of aliphatic hydroxyl groups is 2. The van der Waals surface area contributed by atoms with Gasteiger partial charge in [-0.1, -0.05) is 206 Å². The lowest BCUT2D eigenvalue weighted by Crippen LogP contribution is -2.50. The Labute approximate surface area is 796 Å². The van der Waals surface area contributed by atoms with Gasteiger partial charge in [-0.2, -0.15) is 21.0 Å². The molecule has 0 bridgehead atoms. The number of halogens is 13. The van der Waals surface area contributed by atoms with Crippen LogP contribution < -0.4 is 24.9 Å². The smallest absolute Gasteiger partial charge is 0.176 e. The summed E-state index contributed by atoms with van der Waals surface area (Å²) in [6, 6.07) is 84.3. The fourth-order valence-electron chi connectivity index (χ4n) is 15.8. The molecule has 6 atom stereocenters. The van der Waals surface area contributed by atoms with Gasteiger partial charge in [0.25, 0.3) is 0 Å². The van der Waals surface area contributed by atoms with Crippen LogP contribution in [0.4, 0.5) is 40.3 Å². The van der Waals surface area contributed by atoms with Gasteiger partial charge in [-0.25, -0.2) is 17.6 Å². The van der Waals surface area contributed by atoms with Crippen LogP contribution in [0.3, 0.4) is 0 Å². The Morgan fingerprint density at radius 3 is 0.969 bits per heavy atom. The number of nitrogens with zero attached hydrogens (tertiary/aromatic N) is 11. The quantitative estimate of drug-likeness (QED) is 0.0391. The summed E-state index contributed by atoms with van der Waals surface area (Å²) in [5, 5.41) is 66.3. The summed E-state index contributed by atoms with van der Waals surface area (Å²) in [5.74, 6) is -1.75. The molecule has 0 radical (unpaired) electrons. The molecular formula is C100H85BrCl8F4N12O4. The van der Waals surface area contributed by atoms with E-state index in [1.165, 1.54) is 60.2 Å². The van der Waals surface area contributed by atoms with E-state index in [0.29, 0.717) is 152 Å². The molecule has 12 aromatic carbocycles. The van der Waals surface area contributed by atoms with Crippen LogP contribution in [0, 0.1) is 68.6 Å². The number of β-amino-alcohol motifs (C(OH)–C–C–N with tert-alkyl or cyclic N) is 2. The van der Waals surface area contributed by atoms with Crippen LogP contribution in [-0.2, 0) is 0 Å². The van der Waals surface area contributed by atoms with Crippen molar-refractivity contribution in [1.82, 2.24) is 20.0 Å². The van der Waals surface area contributed by atoms with Crippen molar-refractivity contribution in [1.29, 1.82) is 21.0 Å². The van der Waals surface area contributed by atoms with Gasteiger partial charge in [0.05, 0.1) is 138 Å². The molecule has 660 valence electrons. The molecule has 4 aliphatic heterocycles. The van der Waals surface area contributed by atoms with Gasteiger partial charge in [-0.15, -0.1) is 0 Å². The summed E-state index contributed by atoms with van der Waals surface area (Å²) in [5.41, 5.74) is 11.9. The second-order valence-corrected chi connectivity index (χ2v) is 34.7. The lowest BCUT2D eigenvalue weighted by Gasteiger charge is -2.44. The molecule has 4 heterocycles. The first-order valence-electron chi connectivity index (χ1n) is 41.0. The number of alkyl halides is 1. The molecule has 4 saturated heterocycles. The van der Waals surface area contributed by atoms with Gasteiger partial charge in [-0.05, 0) is 203 Å². The van der Waals surface area contributed by atoms with Crippen molar-refractivity contribution in [3.8, 4) is 24.3 Å². The Bertz CT molecular complexity index is 5870. The van der Waals surface area contributed by atoms with Crippen molar-refractivity contribution < 1.29 is 37.4 Å². The van der Waals surface area contributed by atoms with E-state index in [-0.39, 0.29) is 65.1 Å². The van der Waals surface area contributed by atoms with E-state index in [2.05, 4.69) is 79.8 Å². The maximum atomic E-state index is 13.6. The van der Waals surface area contributed by atoms with Crippen LogP contribution in [0.2, 0.25) is 40.2 Å². The molecule has 0 unspecified atom stereocenters. The van der Waals surface area contributed by atoms with E-state index in [4.69, 9.17) is 114 Å². The number of hydrogen-bond acceptors (Lipinski definition) is 16. The lowest BCUT2D eigenvalue weighted by atomic mass is 10.00. The Morgan fingerprint density at radius 2 is 0.659 bits per heavy atom. The predicted octanol–water partition coefficient (Wildman–Crippen LogP) is 23.4. The monoisotopic (exact) mass is 1950 g/mol. The highest BCUT2D eigenvalue weighted by Crippen LogP contribution is 2.42. The van der Waals surface area contributed by atoms with Crippen molar-refractivity contribution in [3.63, 3.8) is 0 Å². The van der Waals surface area contributed by atoms with Gasteiger partial charge >= 0.3 is 0 Å². The third kappa shape index (κ3) is 26.8. The number of Topliss-reactive ketones (excluding diaryl/α,β-unsaturated/α-hetero) is 2. The minimum Gasteiger partial charge on any atom is -0.387 e. The number of nitriles is 4. The standard InChI is InChI=1S/2C25H22Cl2FN3O.C25H20Cl2FN3O.C17H15Cl2N3.C8H6BrFO/c3*26-20-7-5-18(6-8-20)24-15-30(16-25(32)19-2-1-3-21(28)13-19)10-11-31(24)23-9-4-17(14-29)12-22(23)27;18-14-4-2-13(3-5-14)17-11-21-7-8-22(17)16-6-1-12(10-20)9-15(16)19;9-5-8(11)6-2-1-3-7(10)4-6/h2*1-9,12-13,24-25,32H,10-11,15-16H2;1-9,12-13,24H,10-11,15-16H2;1-6,9,17,21H,7-8,11H2;1-4H,5H2/t24-,25+;24-,25-;24-;17-;/m0000./s1. The summed E-state index contributed by atoms with van der Waals surface area (Å²) in [6.45, 7) is 9.48. The number of carbonyl (C=O) groups is 2. The van der Waals surface area contributed by atoms with Crippen molar-refractivity contribution in [2.75, 3.05) is 123 Å². The van der Waals surface area contributed by atoms with Gasteiger partial charge in [0, 0.05) is 123 Å². The zero-order valence-electron chi connectivity index (χ0n) is 69.2. The highest BCUT2D eigenvalue weighted by atomic mass is 79.9. The second kappa shape index (κ2) is 47.3. The first kappa shape index (κ1) is 97.5. The fraction of sp³-hybridized carbons (Fsp3) is 0.220. The number of piperazine rings is 4. The molecule has 16 rings (SSSR count).